The van der Waals surface area contributed by atoms with E-state index in [1.54, 1.807) is 6.20 Å². The summed E-state index contributed by atoms with van der Waals surface area (Å²) >= 11 is 0. The minimum absolute atomic E-state index is 0.0331. The number of carbonyl (C=O) groups is 1. The highest BCUT2D eigenvalue weighted by Crippen LogP contribution is 2.28. The van der Waals surface area contributed by atoms with E-state index in [4.69, 9.17) is 0 Å². The Bertz CT molecular complexity index is 1360. The predicted molar refractivity (Wildman–Crippen MR) is 128 cm³/mol. The Labute approximate surface area is 205 Å². The lowest BCUT2D eigenvalue weighted by Gasteiger charge is -2.19. The van der Waals surface area contributed by atoms with E-state index in [0.717, 1.165) is 48.7 Å². The van der Waals surface area contributed by atoms with Crippen molar-refractivity contribution in [3.05, 3.63) is 66.1 Å². The molecule has 1 fully saturated rings. The molecule has 4 heterocycles. The highest BCUT2D eigenvalue weighted by Gasteiger charge is 2.34. The fraction of sp³-hybridized carbons (Fsp3) is 0.320. The number of anilines is 1. The molecule has 36 heavy (non-hydrogen) atoms. The smallest absolute Gasteiger partial charge is 0.318 e. The van der Waals surface area contributed by atoms with Crippen molar-refractivity contribution in [2.24, 2.45) is 0 Å². The molecule has 0 bridgehead atoms. The second kappa shape index (κ2) is 10.0. The number of halogens is 3. The molecule has 186 valence electrons. The standard InChI is InChI=1S/C25H24F3N7O/c26-25(27,28)24-30-13-19(14-31-24)32-23(36)22-20-10-17(5-6-21(20)33-34-22)18-9-16(11-29-12-18)15-35-7-3-1-2-4-8-35/h5-6,9-14H,1-4,7-8,15H2,(H,32,36)(H,33,34). The summed E-state index contributed by atoms with van der Waals surface area (Å²) in [5, 5.41) is 10.0. The Balaban J connectivity index is 1.36. The summed E-state index contributed by atoms with van der Waals surface area (Å²) in [4.78, 5) is 26.3. The number of likely N-dealkylation sites (tertiary alicyclic amines) is 1. The zero-order valence-corrected chi connectivity index (χ0v) is 19.3. The molecule has 0 aliphatic carbocycles. The maximum atomic E-state index is 12.8. The van der Waals surface area contributed by atoms with E-state index in [9.17, 15) is 18.0 Å². The molecule has 1 saturated heterocycles. The van der Waals surface area contributed by atoms with Crippen LogP contribution in [-0.4, -0.2) is 49.0 Å². The third kappa shape index (κ3) is 5.35. The number of carbonyl (C=O) groups excluding carboxylic acids is 1. The molecule has 2 N–H and O–H groups in total. The summed E-state index contributed by atoms with van der Waals surface area (Å²) in [6, 6.07) is 7.72. The lowest BCUT2D eigenvalue weighted by Crippen LogP contribution is -2.24. The van der Waals surface area contributed by atoms with Crippen molar-refractivity contribution in [1.82, 2.24) is 30.0 Å². The van der Waals surface area contributed by atoms with Crippen LogP contribution in [0.2, 0.25) is 0 Å². The van der Waals surface area contributed by atoms with Crippen LogP contribution in [0.1, 0.15) is 47.6 Å². The molecule has 0 unspecified atom stereocenters. The van der Waals surface area contributed by atoms with Gasteiger partial charge in [-0.2, -0.15) is 18.3 Å². The molecule has 1 aliphatic heterocycles. The van der Waals surface area contributed by atoms with Gasteiger partial charge in [0, 0.05) is 29.9 Å². The Hall–Kier alpha value is -3.86. The Morgan fingerprint density at radius 2 is 1.72 bits per heavy atom. The normalized spacial score (nSPS) is 15.1. The molecule has 0 radical (unpaired) electrons. The van der Waals surface area contributed by atoms with Gasteiger partial charge in [-0.15, -0.1) is 0 Å². The Kier molecular flexibility index (Phi) is 6.64. The van der Waals surface area contributed by atoms with Crippen LogP contribution in [0.25, 0.3) is 22.0 Å². The van der Waals surface area contributed by atoms with Crippen molar-refractivity contribution in [2.75, 3.05) is 18.4 Å². The minimum atomic E-state index is -4.66. The summed E-state index contributed by atoms with van der Waals surface area (Å²) in [6.45, 7) is 3.03. The summed E-state index contributed by atoms with van der Waals surface area (Å²) in [7, 11) is 0. The van der Waals surface area contributed by atoms with Gasteiger partial charge in [-0.1, -0.05) is 18.9 Å². The number of hydrogen-bond donors (Lipinski definition) is 2. The van der Waals surface area contributed by atoms with Crippen LogP contribution in [0.3, 0.4) is 0 Å². The number of aromatic nitrogens is 5. The molecule has 5 rings (SSSR count). The first-order chi connectivity index (χ1) is 17.4. The molecular weight excluding hydrogens is 471 g/mol. The third-order valence-corrected chi connectivity index (χ3v) is 6.17. The molecule has 8 nitrogen and oxygen atoms in total. The first-order valence-electron chi connectivity index (χ1n) is 11.7. The van der Waals surface area contributed by atoms with Gasteiger partial charge in [-0.25, -0.2) is 9.97 Å². The molecule has 11 heteroatoms. The van der Waals surface area contributed by atoms with Gasteiger partial charge in [0.15, 0.2) is 5.69 Å². The lowest BCUT2D eigenvalue weighted by atomic mass is 10.0. The second-order valence-corrected chi connectivity index (χ2v) is 8.85. The van der Waals surface area contributed by atoms with Crippen LogP contribution in [0, 0.1) is 0 Å². The summed E-state index contributed by atoms with van der Waals surface area (Å²) < 4.78 is 38.0. The Morgan fingerprint density at radius 1 is 0.972 bits per heavy atom. The SMILES string of the molecule is O=C(Nc1cnc(C(F)(F)F)nc1)c1n[nH]c2ccc(-c3cncc(CN4CCCCCC4)c3)cc12. The van der Waals surface area contributed by atoms with Crippen molar-refractivity contribution < 1.29 is 18.0 Å². The van der Waals surface area contributed by atoms with Crippen molar-refractivity contribution in [2.45, 2.75) is 38.4 Å². The number of benzene rings is 1. The van der Waals surface area contributed by atoms with Gasteiger partial charge < -0.3 is 5.32 Å². The first-order valence-corrected chi connectivity index (χ1v) is 11.7. The van der Waals surface area contributed by atoms with E-state index < -0.39 is 17.9 Å². The average Bonchev–Trinajstić information content (AvgIpc) is 3.12. The molecule has 0 spiro atoms. The largest absolute Gasteiger partial charge is 0.451 e. The number of fused-ring (bicyclic) bond motifs is 1. The number of hydrogen-bond acceptors (Lipinski definition) is 6. The molecule has 1 aliphatic rings. The molecule has 1 amide bonds. The van der Waals surface area contributed by atoms with Crippen LogP contribution in [-0.2, 0) is 12.7 Å². The predicted octanol–water partition coefficient (Wildman–Crippen LogP) is 5.06. The van der Waals surface area contributed by atoms with E-state index in [0.29, 0.717) is 10.9 Å². The van der Waals surface area contributed by atoms with Crippen molar-refractivity contribution in [3.63, 3.8) is 0 Å². The van der Waals surface area contributed by atoms with Gasteiger partial charge >= 0.3 is 6.18 Å². The molecule has 0 saturated carbocycles. The van der Waals surface area contributed by atoms with Crippen LogP contribution < -0.4 is 5.32 Å². The second-order valence-electron chi connectivity index (χ2n) is 8.85. The van der Waals surface area contributed by atoms with Gasteiger partial charge in [0.1, 0.15) is 0 Å². The summed E-state index contributed by atoms with van der Waals surface area (Å²) in [6.07, 6.45) is 5.83. The van der Waals surface area contributed by atoms with Gasteiger partial charge in [0.05, 0.1) is 23.6 Å². The quantitative estimate of drug-likeness (QED) is 0.401. The van der Waals surface area contributed by atoms with Crippen molar-refractivity contribution >= 4 is 22.5 Å². The van der Waals surface area contributed by atoms with E-state index in [1.165, 1.54) is 25.7 Å². The monoisotopic (exact) mass is 495 g/mol. The van der Waals surface area contributed by atoms with Crippen LogP contribution in [0.5, 0.6) is 0 Å². The summed E-state index contributed by atoms with van der Waals surface area (Å²) in [5.41, 5.74) is 3.73. The molecule has 0 atom stereocenters. The molecule has 3 aromatic heterocycles. The van der Waals surface area contributed by atoms with Crippen LogP contribution in [0.4, 0.5) is 18.9 Å². The van der Waals surface area contributed by atoms with Crippen LogP contribution in [0.15, 0.2) is 49.1 Å². The number of amides is 1. The topological polar surface area (TPSA) is 99.7 Å². The minimum Gasteiger partial charge on any atom is -0.318 e. The third-order valence-electron chi connectivity index (χ3n) is 6.17. The maximum Gasteiger partial charge on any atom is 0.451 e. The van der Waals surface area contributed by atoms with Crippen LogP contribution >= 0.6 is 0 Å². The first kappa shape index (κ1) is 23.9. The average molecular weight is 496 g/mol. The van der Waals surface area contributed by atoms with E-state index in [2.05, 4.69) is 41.4 Å². The fourth-order valence-corrected chi connectivity index (χ4v) is 4.38. The zero-order valence-electron chi connectivity index (χ0n) is 19.3. The van der Waals surface area contributed by atoms with Gasteiger partial charge in [-0.05, 0) is 55.3 Å². The van der Waals surface area contributed by atoms with Crippen molar-refractivity contribution in [1.29, 1.82) is 0 Å². The van der Waals surface area contributed by atoms with Crippen molar-refractivity contribution in [3.8, 4) is 11.1 Å². The number of pyridine rings is 1. The Morgan fingerprint density at radius 3 is 2.44 bits per heavy atom. The molecule has 1 aromatic carbocycles. The highest BCUT2D eigenvalue weighted by molar-refractivity contribution is 6.11. The highest BCUT2D eigenvalue weighted by atomic mass is 19.4. The number of alkyl halides is 3. The summed E-state index contributed by atoms with van der Waals surface area (Å²) in [5.74, 6) is -1.86. The van der Waals surface area contributed by atoms with Gasteiger partial charge in [-0.3, -0.25) is 19.8 Å². The number of nitrogens with one attached hydrogen (secondary N) is 2. The maximum absolute atomic E-state index is 12.8. The van der Waals surface area contributed by atoms with E-state index in [-0.39, 0.29) is 11.4 Å². The van der Waals surface area contributed by atoms with Gasteiger partial charge in [0.2, 0.25) is 5.82 Å². The number of rotatable bonds is 5. The number of aromatic amines is 1. The lowest BCUT2D eigenvalue weighted by molar-refractivity contribution is -0.144. The zero-order chi connectivity index (χ0) is 25.1. The number of H-pyrrole nitrogens is 1. The fourth-order valence-electron chi connectivity index (χ4n) is 4.38. The van der Waals surface area contributed by atoms with E-state index >= 15 is 0 Å². The van der Waals surface area contributed by atoms with E-state index in [1.807, 2.05) is 24.4 Å². The number of nitrogens with zero attached hydrogens (tertiary/aromatic N) is 5. The molecular formula is C25H24F3N7O. The molecule has 4 aromatic rings. The van der Waals surface area contributed by atoms with Gasteiger partial charge in [0.25, 0.3) is 5.91 Å².